The fourth-order valence-corrected chi connectivity index (χ4v) is 1.25. The van der Waals surface area contributed by atoms with Crippen molar-refractivity contribution in [3.63, 3.8) is 0 Å². The van der Waals surface area contributed by atoms with E-state index in [-0.39, 0.29) is 12.1 Å². The van der Waals surface area contributed by atoms with Crippen molar-refractivity contribution in [1.82, 2.24) is 9.78 Å². The van der Waals surface area contributed by atoms with Gasteiger partial charge in [-0.2, -0.15) is 5.10 Å². The minimum Gasteiger partial charge on any atom is -0.455 e. The highest BCUT2D eigenvalue weighted by Gasteiger charge is 2.16. The number of hydrogen-bond donors (Lipinski definition) is 0. The zero-order chi connectivity index (χ0) is 11.4. The summed E-state index contributed by atoms with van der Waals surface area (Å²) in [5.41, 5.74) is 1.30. The van der Waals surface area contributed by atoms with Gasteiger partial charge < -0.3 is 4.74 Å². The van der Waals surface area contributed by atoms with Gasteiger partial charge in [0, 0.05) is 13.2 Å². The topological polar surface area (TPSA) is 44.1 Å². The molecule has 1 rings (SSSR count). The van der Waals surface area contributed by atoms with Crippen LogP contribution < -0.4 is 0 Å². The van der Waals surface area contributed by atoms with Crippen LogP contribution in [-0.2, 0) is 18.2 Å². The van der Waals surface area contributed by atoms with Gasteiger partial charge in [0.2, 0.25) is 0 Å². The van der Waals surface area contributed by atoms with E-state index in [9.17, 15) is 4.79 Å². The molecular weight excluding hydrogens is 192 g/mol. The first-order valence-electron chi connectivity index (χ1n) is 4.94. The second-order valence-corrected chi connectivity index (χ2v) is 3.36. The predicted molar refractivity (Wildman–Crippen MR) is 57.7 cm³/mol. The third-order valence-corrected chi connectivity index (χ3v) is 2.08. The number of rotatable bonds is 4. The maximum atomic E-state index is 11.7. The summed E-state index contributed by atoms with van der Waals surface area (Å²) in [7, 11) is 1.78. The van der Waals surface area contributed by atoms with Gasteiger partial charge in [0.25, 0.3) is 0 Å². The summed E-state index contributed by atoms with van der Waals surface area (Å²) < 4.78 is 6.75. The van der Waals surface area contributed by atoms with Gasteiger partial charge in [0.15, 0.2) is 0 Å². The first-order chi connectivity index (χ1) is 7.08. The fraction of sp³-hybridized carbons (Fsp3) is 0.455. The van der Waals surface area contributed by atoms with Crippen molar-refractivity contribution in [2.75, 3.05) is 0 Å². The van der Waals surface area contributed by atoms with Crippen LogP contribution >= 0.6 is 0 Å². The Morgan fingerprint density at radius 1 is 1.80 bits per heavy atom. The Hall–Kier alpha value is -1.58. The van der Waals surface area contributed by atoms with Crippen molar-refractivity contribution >= 4 is 5.97 Å². The van der Waals surface area contributed by atoms with Gasteiger partial charge in [-0.25, -0.2) is 4.79 Å². The van der Waals surface area contributed by atoms with Gasteiger partial charge in [-0.1, -0.05) is 19.6 Å². The maximum Gasteiger partial charge on any atom is 0.342 e. The predicted octanol–water partition coefficient (Wildman–Crippen LogP) is 1.71. The standard InChI is InChI=1S/C11H16N2O2/c1-5-8(3)15-11(14)9-7-13(4)12-10(9)6-2/h5,7-8H,1,6H2,2-4H3/t8-/m0/s1. The molecule has 0 N–H and O–H groups in total. The van der Waals surface area contributed by atoms with Gasteiger partial charge in [-0.3, -0.25) is 4.68 Å². The Labute approximate surface area is 89.5 Å². The largest absolute Gasteiger partial charge is 0.455 e. The van der Waals surface area contributed by atoms with Gasteiger partial charge in [0.05, 0.1) is 5.69 Å². The van der Waals surface area contributed by atoms with Crippen LogP contribution in [0.2, 0.25) is 0 Å². The molecule has 15 heavy (non-hydrogen) atoms. The molecule has 82 valence electrons. The van der Waals surface area contributed by atoms with E-state index in [0.717, 1.165) is 5.69 Å². The Balaban J connectivity index is 2.85. The van der Waals surface area contributed by atoms with Gasteiger partial charge >= 0.3 is 5.97 Å². The summed E-state index contributed by atoms with van der Waals surface area (Å²) in [6.07, 6.45) is 3.70. The number of nitrogens with zero attached hydrogens (tertiary/aromatic N) is 2. The number of aromatic nitrogens is 2. The number of esters is 1. The van der Waals surface area contributed by atoms with E-state index in [1.165, 1.54) is 0 Å². The highest BCUT2D eigenvalue weighted by molar-refractivity contribution is 5.90. The first-order valence-corrected chi connectivity index (χ1v) is 4.94. The average molecular weight is 208 g/mol. The lowest BCUT2D eigenvalue weighted by atomic mass is 10.2. The third-order valence-electron chi connectivity index (χ3n) is 2.08. The minimum atomic E-state index is -0.340. The van der Waals surface area contributed by atoms with Gasteiger partial charge in [0.1, 0.15) is 11.7 Å². The quantitative estimate of drug-likeness (QED) is 0.559. The minimum absolute atomic E-state index is 0.276. The van der Waals surface area contributed by atoms with Crippen molar-refractivity contribution in [2.45, 2.75) is 26.4 Å². The molecule has 0 aromatic carbocycles. The summed E-state index contributed by atoms with van der Waals surface area (Å²) in [5, 5.41) is 4.17. The number of hydrogen-bond acceptors (Lipinski definition) is 3. The van der Waals surface area contributed by atoms with Gasteiger partial charge in [-0.05, 0) is 13.3 Å². The molecule has 0 aliphatic heterocycles. The highest BCUT2D eigenvalue weighted by Crippen LogP contribution is 2.10. The molecule has 0 bridgehead atoms. The Morgan fingerprint density at radius 3 is 3.00 bits per heavy atom. The normalized spacial score (nSPS) is 12.2. The lowest BCUT2D eigenvalue weighted by Crippen LogP contribution is -2.13. The Bertz CT molecular complexity index is 369. The molecule has 1 atom stereocenters. The van der Waals surface area contributed by atoms with Crippen LogP contribution in [0.5, 0.6) is 0 Å². The summed E-state index contributed by atoms with van der Waals surface area (Å²) >= 11 is 0. The molecule has 0 radical (unpaired) electrons. The van der Waals surface area contributed by atoms with Crippen molar-refractivity contribution in [3.05, 3.63) is 30.1 Å². The summed E-state index contributed by atoms with van der Waals surface area (Å²) in [5.74, 6) is -0.340. The van der Waals surface area contributed by atoms with E-state index >= 15 is 0 Å². The molecule has 0 fully saturated rings. The van der Waals surface area contributed by atoms with Crippen LogP contribution in [0.3, 0.4) is 0 Å². The molecule has 0 amide bonds. The van der Waals surface area contributed by atoms with E-state index in [1.807, 2.05) is 6.92 Å². The van der Waals surface area contributed by atoms with Crippen LogP contribution in [0, 0.1) is 0 Å². The zero-order valence-electron chi connectivity index (χ0n) is 9.36. The summed E-state index contributed by atoms with van der Waals surface area (Å²) in [6.45, 7) is 7.28. The number of aryl methyl sites for hydroxylation is 2. The molecule has 0 saturated heterocycles. The zero-order valence-corrected chi connectivity index (χ0v) is 9.36. The molecule has 1 aromatic rings. The fourth-order valence-electron chi connectivity index (χ4n) is 1.25. The van der Waals surface area contributed by atoms with Crippen molar-refractivity contribution < 1.29 is 9.53 Å². The van der Waals surface area contributed by atoms with Crippen LogP contribution in [0.1, 0.15) is 29.9 Å². The average Bonchev–Trinajstić information content (AvgIpc) is 2.59. The van der Waals surface area contributed by atoms with Crippen LogP contribution in [0.15, 0.2) is 18.9 Å². The second kappa shape index (κ2) is 4.77. The molecule has 4 nitrogen and oxygen atoms in total. The Kier molecular flexibility index (Phi) is 3.66. The molecular formula is C11H16N2O2. The SMILES string of the molecule is C=C[C@H](C)OC(=O)c1cn(C)nc1CC. The monoisotopic (exact) mass is 208 g/mol. The molecule has 0 aliphatic carbocycles. The van der Waals surface area contributed by atoms with E-state index in [4.69, 9.17) is 4.74 Å². The van der Waals surface area contributed by atoms with Crippen molar-refractivity contribution in [3.8, 4) is 0 Å². The lowest BCUT2D eigenvalue weighted by Gasteiger charge is -2.07. The number of carbonyl (C=O) groups excluding carboxylic acids is 1. The first kappa shape index (κ1) is 11.5. The highest BCUT2D eigenvalue weighted by atomic mass is 16.5. The van der Waals surface area contributed by atoms with Crippen molar-refractivity contribution in [1.29, 1.82) is 0 Å². The molecule has 1 heterocycles. The van der Waals surface area contributed by atoms with E-state index in [0.29, 0.717) is 12.0 Å². The molecule has 0 unspecified atom stereocenters. The smallest absolute Gasteiger partial charge is 0.342 e. The lowest BCUT2D eigenvalue weighted by molar-refractivity contribution is 0.0424. The molecule has 0 spiro atoms. The third kappa shape index (κ3) is 2.68. The van der Waals surface area contributed by atoms with Crippen LogP contribution in [0.4, 0.5) is 0 Å². The van der Waals surface area contributed by atoms with E-state index in [2.05, 4.69) is 11.7 Å². The van der Waals surface area contributed by atoms with Crippen LogP contribution in [0.25, 0.3) is 0 Å². The molecule has 0 aliphatic rings. The Morgan fingerprint density at radius 2 is 2.47 bits per heavy atom. The van der Waals surface area contributed by atoms with Crippen molar-refractivity contribution in [2.24, 2.45) is 7.05 Å². The van der Waals surface area contributed by atoms with Crippen LogP contribution in [-0.4, -0.2) is 21.9 Å². The molecule has 1 aromatic heterocycles. The van der Waals surface area contributed by atoms with E-state index in [1.54, 1.807) is 30.9 Å². The maximum absolute atomic E-state index is 11.7. The summed E-state index contributed by atoms with van der Waals surface area (Å²) in [4.78, 5) is 11.7. The van der Waals surface area contributed by atoms with E-state index < -0.39 is 0 Å². The molecule has 0 saturated carbocycles. The summed E-state index contributed by atoms with van der Waals surface area (Å²) in [6, 6.07) is 0. The molecule has 4 heteroatoms. The second-order valence-electron chi connectivity index (χ2n) is 3.36. The number of carbonyl (C=O) groups is 1. The van der Waals surface area contributed by atoms with Gasteiger partial charge in [-0.15, -0.1) is 0 Å². The number of ether oxygens (including phenoxy) is 1.